The molecule has 0 radical (unpaired) electrons. The van der Waals surface area contributed by atoms with Gasteiger partial charge in [-0.25, -0.2) is 22.2 Å². The molecule has 3 aromatic rings. The Morgan fingerprint density at radius 2 is 2.04 bits per heavy atom. The molecular weight excluding hydrogens is 390 g/mol. The van der Waals surface area contributed by atoms with Gasteiger partial charge in [-0.3, -0.25) is 9.52 Å². The van der Waals surface area contributed by atoms with E-state index >= 15 is 0 Å². The Kier molecular flexibility index (Phi) is 4.50. The number of fused-ring (bicyclic) bond motifs is 1. The van der Waals surface area contributed by atoms with Crippen molar-refractivity contribution in [2.45, 2.75) is 12.8 Å². The minimum absolute atomic E-state index is 0.0552. The van der Waals surface area contributed by atoms with Crippen LogP contribution < -0.4 is 10.0 Å². The zero-order valence-electron chi connectivity index (χ0n) is 14.5. The van der Waals surface area contributed by atoms with Crippen LogP contribution in [0.5, 0.6) is 0 Å². The van der Waals surface area contributed by atoms with Gasteiger partial charge >= 0.3 is 0 Å². The number of hydrogen-bond acceptors (Lipinski definition) is 4. The number of rotatable bonds is 6. The lowest BCUT2D eigenvalue weighted by molar-refractivity contribution is 0.101. The number of sulfonamides is 1. The maximum atomic E-state index is 14.7. The number of nitrogens with one attached hydrogen (secondary N) is 3. The number of nitrogens with zero attached hydrogens (tertiary/aromatic N) is 1. The third-order valence-electron chi connectivity index (χ3n) is 4.39. The molecule has 3 N–H and O–H groups in total. The first kappa shape index (κ1) is 18.4. The summed E-state index contributed by atoms with van der Waals surface area (Å²) < 4.78 is 55.1. The molecule has 1 aliphatic rings. The Hall–Kier alpha value is -3.01. The van der Waals surface area contributed by atoms with Crippen LogP contribution in [0.2, 0.25) is 0 Å². The number of anilines is 2. The van der Waals surface area contributed by atoms with E-state index in [2.05, 4.69) is 20.0 Å². The zero-order chi connectivity index (χ0) is 19.9. The normalized spacial score (nSPS) is 14.2. The molecule has 1 amide bonds. The molecule has 0 spiro atoms. The van der Waals surface area contributed by atoms with E-state index in [0.29, 0.717) is 11.0 Å². The number of pyridine rings is 1. The summed E-state index contributed by atoms with van der Waals surface area (Å²) >= 11 is 0. The molecule has 7 nitrogen and oxygen atoms in total. The molecule has 2 heterocycles. The highest BCUT2D eigenvalue weighted by Gasteiger charge is 2.29. The molecule has 1 aliphatic carbocycles. The van der Waals surface area contributed by atoms with Crippen LogP contribution >= 0.6 is 0 Å². The van der Waals surface area contributed by atoms with Crippen molar-refractivity contribution >= 4 is 38.3 Å². The molecule has 1 fully saturated rings. The van der Waals surface area contributed by atoms with E-state index in [9.17, 15) is 22.0 Å². The minimum Gasteiger partial charge on any atom is -0.346 e. The van der Waals surface area contributed by atoms with Crippen LogP contribution in [-0.4, -0.2) is 30.0 Å². The first-order valence-electron chi connectivity index (χ1n) is 8.55. The van der Waals surface area contributed by atoms with E-state index in [-0.39, 0.29) is 17.4 Å². The number of aromatic amines is 1. The van der Waals surface area contributed by atoms with Gasteiger partial charge in [-0.15, -0.1) is 0 Å². The fourth-order valence-electron chi connectivity index (χ4n) is 2.85. The fourth-order valence-corrected chi connectivity index (χ4v) is 4.38. The number of halogens is 2. The van der Waals surface area contributed by atoms with Crippen LogP contribution in [0.25, 0.3) is 11.0 Å². The van der Waals surface area contributed by atoms with Gasteiger partial charge in [-0.2, -0.15) is 0 Å². The van der Waals surface area contributed by atoms with Crippen molar-refractivity contribution in [3.05, 3.63) is 53.9 Å². The minimum atomic E-state index is -3.78. The Morgan fingerprint density at radius 3 is 2.79 bits per heavy atom. The first-order valence-corrected chi connectivity index (χ1v) is 10.2. The lowest BCUT2D eigenvalue weighted by Crippen LogP contribution is -2.21. The molecule has 146 valence electrons. The van der Waals surface area contributed by atoms with Gasteiger partial charge in [0.2, 0.25) is 10.0 Å². The Morgan fingerprint density at radius 1 is 1.25 bits per heavy atom. The molecule has 2 aromatic heterocycles. The third kappa shape index (κ3) is 3.81. The monoisotopic (exact) mass is 406 g/mol. The number of hydrogen-bond donors (Lipinski definition) is 3. The van der Waals surface area contributed by atoms with Crippen LogP contribution in [0.3, 0.4) is 0 Å². The number of amides is 1. The van der Waals surface area contributed by atoms with Crippen molar-refractivity contribution in [2.75, 3.05) is 15.8 Å². The van der Waals surface area contributed by atoms with E-state index in [1.165, 1.54) is 6.20 Å². The van der Waals surface area contributed by atoms with E-state index in [0.717, 1.165) is 25.0 Å². The summed E-state index contributed by atoms with van der Waals surface area (Å²) in [4.78, 5) is 19.4. The van der Waals surface area contributed by atoms with E-state index in [4.69, 9.17) is 0 Å². The first-order chi connectivity index (χ1) is 13.3. The Balaban J connectivity index is 1.59. The average molecular weight is 406 g/mol. The number of benzene rings is 1. The summed E-state index contributed by atoms with van der Waals surface area (Å²) in [5, 5.41) is 3.09. The molecule has 4 rings (SSSR count). The molecule has 0 atom stereocenters. The van der Waals surface area contributed by atoms with Gasteiger partial charge < -0.3 is 10.3 Å². The van der Waals surface area contributed by atoms with Gasteiger partial charge in [-0.05, 0) is 43.0 Å². The average Bonchev–Trinajstić information content (AvgIpc) is 3.29. The van der Waals surface area contributed by atoms with Crippen molar-refractivity contribution in [3.8, 4) is 0 Å². The molecular formula is C18H16F2N4O3S. The SMILES string of the molecule is O=C(Nc1cnc2[nH]ccc2c1)c1c(F)ccc(NS(=O)(=O)CC2CC2)c1F. The van der Waals surface area contributed by atoms with Crippen molar-refractivity contribution in [1.29, 1.82) is 0 Å². The molecule has 1 saturated carbocycles. The summed E-state index contributed by atoms with van der Waals surface area (Å²) in [6.07, 6.45) is 4.62. The second-order valence-corrected chi connectivity index (χ2v) is 8.47. The van der Waals surface area contributed by atoms with Crippen molar-refractivity contribution in [1.82, 2.24) is 9.97 Å². The third-order valence-corrected chi connectivity index (χ3v) is 5.83. The molecule has 0 bridgehead atoms. The van der Waals surface area contributed by atoms with E-state index in [1.807, 2.05) is 0 Å². The smallest absolute Gasteiger partial charge is 0.261 e. The number of carbonyl (C=O) groups excluding carboxylic acids is 1. The maximum absolute atomic E-state index is 14.7. The summed E-state index contributed by atoms with van der Waals surface area (Å²) in [7, 11) is -3.78. The van der Waals surface area contributed by atoms with Crippen LogP contribution in [0.1, 0.15) is 23.2 Å². The van der Waals surface area contributed by atoms with Gasteiger partial charge in [-0.1, -0.05) is 0 Å². The van der Waals surface area contributed by atoms with Crippen LogP contribution in [0.15, 0.2) is 36.7 Å². The maximum Gasteiger partial charge on any atom is 0.261 e. The predicted octanol–water partition coefficient (Wildman–Crippen LogP) is 3.25. The van der Waals surface area contributed by atoms with Gasteiger partial charge in [0.15, 0.2) is 5.82 Å². The molecule has 28 heavy (non-hydrogen) atoms. The largest absolute Gasteiger partial charge is 0.346 e. The topological polar surface area (TPSA) is 104 Å². The predicted molar refractivity (Wildman–Crippen MR) is 101 cm³/mol. The van der Waals surface area contributed by atoms with Crippen LogP contribution in [0.4, 0.5) is 20.2 Å². The molecule has 0 saturated heterocycles. The van der Waals surface area contributed by atoms with Crippen molar-refractivity contribution < 1.29 is 22.0 Å². The van der Waals surface area contributed by atoms with Gasteiger partial charge in [0.1, 0.15) is 17.0 Å². The summed E-state index contributed by atoms with van der Waals surface area (Å²) in [6, 6.07) is 5.13. The summed E-state index contributed by atoms with van der Waals surface area (Å²) in [5.74, 6) is -3.49. The number of carbonyl (C=O) groups is 1. The zero-order valence-corrected chi connectivity index (χ0v) is 15.3. The summed E-state index contributed by atoms with van der Waals surface area (Å²) in [6.45, 7) is 0. The Labute approximate surface area is 159 Å². The second-order valence-electron chi connectivity index (χ2n) is 6.70. The van der Waals surface area contributed by atoms with Gasteiger partial charge in [0, 0.05) is 11.6 Å². The lowest BCUT2D eigenvalue weighted by atomic mass is 10.1. The fraction of sp³-hybridized carbons (Fsp3) is 0.222. The van der Waals surface area contributed by atoms with E-state index in [1.54, 1.807) is 18.3 Å². The number of H-pyrrole nitrogens is 1. The van der Waals surface area contributed by atoms with Gasteiger partial charge in [0.25, 0.3) is 5.91 Å². The Bertz CT molecular complexity index is 1170. The molecule has 0 unspecified atom stereocenters. The summed E-state index contributed by atoms with van der Waals surface area (Å²) in [5.41, 5.74) is -0.495. The van der Waals surface area contributed by atoms with Crippen LogP contribution in [0, 0.1) is 17.6 Å². The molecule has 1 aromatic carbocycles. The van der Waals surface area contributed by atoms with Crippen molar-refractivity contribution in [2.24, 2.45) is 5.92 Å². The van der Waals surface area contributed by atoms with E-state index < -0.39 is 38.8 Å². The standard InChI is InChI=1S/C18H16F2N4O3S/c19-13-3-4-14(24-28(26,27)9-10-1-2-10)16(20)15(13)18(25)23-12-7-11-5-6-21-17(11)22-8-12/h3-8,10,24H,1-2,9H2,(H,21,22)(H,23,25). The lowest BCUT2D eigenvalue weighted by Gasteiger charge is -2.12. The van der Waals surface area contributed by atoms with Gasteiger partial charge in [0.05, 0.1) is 23.3 Å². The van der Waals surface area contributed by atoms with Crippen molar-refractivity contribution in [3.63, 3.8) is 0 Å². The van der Waals surface area contributed by atoms with Crippen LogP contribution in [-0.2, 0) is 10.0 Å². The highest BCUT2D eigenvalue weighted by molar-refractivity contribution is 7.92. The molecule has 0 aliphatic heterocycles. The highest BCUT2D eigenvalue weighted by Crippen LogP contribution is 2.31. The molecule has 10 heteroatoms. The highest BCUT2D eigenvalue weighted by atomic mass is 32.2. The second kappa shape index (κ2) is 6.86. The quantitative estimate of drug-likeness (QED) is 0.585. The number of aromatic nitrogens is 2.